The summed E-state index contributed by atoms with van der Waals surface area (Å²) in [4.78, 5) is 0.0231. The third-order valence-electron chi connectivity index (χ3n) is 2.74. The average Bonchev–Trinajstić information content (AvgIpc) is 2.39. The van der Waals surface area contributed by atoms with E-state index in [1.165, 1.54) is 18.2 Å². The summed E-state index contributed by atoms with van der Waals surface area (Å²) in [5.41, 5.74) is -0.881. The highest BCUT2D eigenvalue weighted by atomic mass is 35.5. The Bertz CT molecular complexity index is 535. The normalized spacial score (nSPS) is 12.7. The van der Waals surface area contributed by atoms with Gasteiger partial charge in [-0.2, -0.15) is 0 Å². The van der Waals surface area contributed by atoms with Gasteiger partial charge >= 0.3 is 0 Å². The molecule has 0 aliphatic heterocycles. The van der Waals surface area contributed by atoms with E-state index < -0.39 is 15.6 Å². The Hall–Kier alpha value is 0.290. The van der Waals surface area contributed by atoms with Gasteiger partial charge in [0.2, 0.25) is 10.0 Å². The highest BCUT2D eigenvalue weighted by molar-refractivity contribution is 7.89. The lowest BCUT2D eigenvalue weighted by molar-refractivity contribution is 0.449. The Morgan fingerprint density at radius 2 is 1.74 bits per heavy atom. The zero-order valence-corrected chi connectivity index (χ0v) is 13.9. The van der Waals surface area contributed by atoms with Crippen LogP contribution < -0.4 is 4.72 Å². The highest BCUT2D eigenvalue weighted by Crippen LogP contribution is 2.26. The van der Waals surface area contributed by atoms with Crippen molar-refractivity contribution in [3.63, 3.8) is 0 Å². The van der Waals surface area contributed by atoms with Crippen LogP contribution in [0.25, 0.3) is 0 Å². The van der Waals surface area contributed by atoms with Crippen LogP contribution in [0.4, 0.5) is 0 Å². The van der Waals surface area contributed by atoms with Gasteiger partial charge < -0.3 is 0 Å². The molecule has 0 aliphatic rings. The van der Waals surface area contributed by atoms with E-state index in [2.05, 4.69) is 4.72 Å². The van der Waals surface area contributed by atoms with Crippen molar-refractivity contribution >= 4 is 56.4 Å². The minimum atomic E-state index is -3.76. The molecule has 1 rings (SSSR count). The van der Waals surface area contributed by atoms with E-state index >= 15 is 0 Å². The maximum atomic E-state index is 12.3. The summed E-state index contributed by atoms with van der Waals surface area (Å²) in [5.74, 6) is 0.154. The number of benzene rings is 1. The summed E-state index contributed by atoms with van der Waals surface area (Å²) in [6, 6.07) is 4.09. The van der Waals surface area contributed by atoms with Gasteiger partial charge in [0.25, 0.3) is 0 Å². The Balaban J connectivity index is 3.14. The first-order chi connectivity index (χ1) is 8.80. The van der Waals surface area contributed by atoms with Crippen molar-refractivity contribution in [3.05, 3.63) is 28.2 Å². The Morgan fingerprint density at radius 3 is 2.16 bits per heavy atom. The second kappa shape index (κ2) is 6.83. The predicted octanol–water partition coefficient (Wildman–Crippen LogP) is 3.90. The van der Waals surface area contributed by atoms with Crippen LogP contribution in [-0.4, -0.2) is 25.7 Å². The van der Waals surface area contributed by atoms with Crippen LogP contribution in [0.2, 0.25) is 10.0 Å². The molecule has 0 atom stereocenters. The second-order valence-electron chi connectivity index (χ2n) is 4.08. The molecule has 0 saturated heterocycles. The van der Waals surface area contributed by atoms with Gasteiger partial charge in [0, 0.05) is 11.8 Å². The lowest BCUT2D eigenvalue weighted by Gasteiger charge is -2.29. The molecule has 0 aliphatic carbocycles. The minimum Gasteiger partial charge on any atom is -0.207 e. The first-order valence-electron chi connectivity index (χ1n) is 5.41. The molecule has 108 valence electrons. The average molecular weight is 365 g/mol. The molecule has 0 aromatic heterocycles. The zero-order valence-electron chi connectivity index (χ0n) is 10.1. The molecule has 19 heavy (non-hydrogen) atoms. The van der Waals surface area contributed by atoms with Crippen molar-refractivity contribution in [2.45, 2.75) is 23.8 Å². The number of nitrogens with one attached hydrogen (secondary N) is 1. The summed E-state index contributed by atoms with van der Waals surface area (Å²) >= 11 is 23.2. The molecule has 0 saturated carbocycles. The van der Waals surface area contributed by atoms with Crippen LogP contribution in [0, 0.1) is 0 Å². The van der Waals surface area contributed by atoms with Crippen LogP contribution in [0.3, 0.4) is 0 Å². The lowest BCUT2D eigenvalue weighted by atomic mass is 10.0. The van der Waals surface area contributed by atoms with Gasteiger partial charge in [-0.1, -0.05) is 30.1 Å². The number of sulfonamides is 1. The molecule has 0 spiro atoms. The van der Waals surface area contributed by atoms with E-state index in [1.54, 1.807) is 0 Å². The SMILES string of the molecule is CCC(CCl)(CCl)NS(=O)(=O)c1ccc(Cl)c(Cl)c1. The predicted molar refractivity (Wildman–Crippen MR) is 81.2 cm³/mol. The maximum absolute atomic E-state index is 12.3. The van der Waals surface area contributed by atoms with Crippen LogP contribution in [0.1, 0.15) is 13.3 Å². The standard InChI is InChI=1S/C11H13Cl4NO2S/c1-2-11(6-12,7-13)16-19(17,18)8-3-4-9(14)10(15)5-8/h3-5,16H,2,6-7H2,1H3. The first kappa shape index (κ1) is 17.3. The molecule has 8 heteroatoms. The summed E-state index contributed by atoms with van der Waals surface area (Å²) < 4.78 is 27.0. The Labute approximate surface area is 133 Å². The van der Waals surface area contributed by atoms with E-state index in [0.29, 0.717) is 6.42 Å². The van der Waals surface area contributed by atoms with Crippen molar-refractivity contribution in [1.82, 2.24) is 4.72 Å². The molecule has 3 nitrogen and oxygen atoms in total. The lowest BCUT2D eigenvalue weighted by Crippen LogP contribution is -2.51. The molecule has 0 amide bonds. The van der Waals surface area contributed by atoms with Gasteiger partial charge in [-0.15, -0.1) is 23.2 Å². The van der Waals surface area contributed by atoms with Crippen molar-refractivity contribution in [3.8, 4) is 0 Å². The van der Waals surface area contributed by atoms with Gasteiger partial charge in [0.05, 0.1) is 20.5 Å². The van der Waals surface area contributed by atoms with Gasteiger partial charge in [0.15, 0.2) is 0 Å². The molecular weight excluding hydrogens is 352 g/mol. The van der Waals surface area contributed by atoms with E-state index in [-0.39, 0.29) is 26.7 Å². The van der Waals surface area contributed by atoms with Crippen molar-refractivity contribution in [2.24, 2.45) is 0 Å². The smallest absolute Gasteiger partial charge is 0.207 e. The summed E-state index contributed by atoms with van der Waals surface area (Å²) in [7, 11) is -3.76. The minimum absolute atomic E-state index is 0.0231. The third kappa shape index (κ3) is 4.13. The Morgan fingerprint density at radius 1 is 1.16 bits per heavy atom. The number of hydrogen-bond donors (Lipinski definition) is 1. The third-order valence-corrected chi connectivity index (χ3v) is 6.08. The number of alkyl halides is 2. The molecule has 0 radical (unpaired) electrons. The number of hydrogen-bond acceptors (Lipinski definition) is 2. The summed E-state index contributed by atoms with van der Waals surface area (Å²) in [6.07, 6.45) is 0.473. The molecule has 0 heterocycles. The van der Waals surface area contributed by atoms with Crippen molar-refractivity contribution < 1.29 is 8.42 Å². The first-order valence-corrected chi connectivity index (χ1v) is 8.72. The van der Waals surface area contributed by atoms with Crippen LogP contribution in [-0.2, 0) is 10.0 Å². The summed E-state index contributed by atoms with van der Waals surface area (Å²) in [5, 5.41) is 0.459. The second-order valence-corrected chi connectivity index (χ2v) is 7.11. The summed E-state index contributed by atoms with van der Waals surface area (Å²) in [6.45, 7) is 1.81. The van der Waals surface area contributed by atoms with Gasteiger partial charge in [0.1, 0.15) is 0 Å². The van der Waals surface area contributed by atoms with Crippen LogP contribution in [0.15, 0.2) is 23.1 Å². The topological polar surface area (TPSA) is 46.2 Å². The van der Waals surface area contributed by atoms with Crippen molar-refractivity contribution in [1.29, 1.82) is 0 Å². The fourth-order valence-corrected chi connectivity index (χ4v) is 4.15. The monoisotopic (exact) mass is 363 g/mol. The van der Waals surface area contributed by atoms with E-state index in [1.807, 2.05) is 6.92 Å². The highest BCUT2D eigenvalue weighted by Gasteiger charge is 2.32. The molecule has 1 aromatic rings. The van der Waals surface area contributed by atoms with Crippen LogP contribution >= 0.6 is 46.4 Å². The molecule has 0 unspecified atom stereocenters. The van der Waals surface area contributed by atoms with E-state index in [0.717, 1.165) is 0 Å². The zero-order chi connectivity index (χ0) is 14.7. The van der Waals surface area contributed by atoms with E-state index in [4.69, 9.17) is 46.4 Å². The number of halogens is 4. The molecule has 1 N–H and O–H groups in total. The van der Waals surface area contributed by atoms with Gasteiger partial charge in [-0.3, -0.25) is 0 Å². The molecule has 1 aromatic carbocycles. The molecular formula is C11H13Cl4NO2S. The quantitative estimate of drug-likeness (QED) is 0.778. The van der Waals surface area contributed by atoms with E-state index in [9.17, 15) is 8.42 Å². The van der Waals surface area contributed by atoms with Gasteiger partial charge in [-0.25, -0.2) is 13.1 Å². The maximum Gasteiger partial charge on any atom is 0.241 e. The largest absolute Gasteiger partial charge is 0.241 e. The fourth-order valence-electron chi connectivity index (χ4n) is 1.34. The fraction of sp³-hybridized carbons (Fsp3) is 0.455. The molecule has 0 fully saturated rings. The molecule has 0 bridgehead atoms. The Kier molecular flexibility index (Phi) is 6.24. The van der Waals surface area contributed by atoms with Crippen LogP contribution in [0.5, 0.6) is 0 Å². The van der Waals surface area contributed by atoms with Gasteiger partial charge in [-0.05, 0) is 24.6 Å². The van der Waals surface area contributed by atoms with Crippen molar-refractivity contribution in [2.75, 3.05) is 11.8 Å². The number of rotatable bonds is 6.